The maximum absolute atomic E-state index is 15.3. The van der Waals surface area contributed by atoms with Crippen LogP contribution >= 0.6 is 0 Å². The molecule has 0 spiro atoms. The van der Waals surface area contributed by atoms with Crippen molar-refractivity contribution in [2.45, 2.75) is 90.3 Å². The molecule has 0 bridgehead atoms. The maximum Gasteiger partial charge on any atom is 0.142 e. The molecule has 4 saturated carbocycles. The Bertz CT molecular complexity index is 690. The van der Waals surface area contributed by atoms with Crippen LogP contribution in [0.1, 0.15) is 78.1 Å². The zero-order valence-corrected chi connectivity index (χ0v) is 18.1. The van der Waals surface area contributed by atoms with E-state index >= 15 is 4.39 Å². The second kappa shape index (κ2) is 7.32. The molecule has 1 N–H and O–H groups in total. The van der Waals surface area contributed by atoms with Gasteiger partial charge in [-0.05, 0) is 100.0 Å². The summed E-state index contributed by atoms with van der Waals surface area (Å²) in [7, 11) is 0. The predicted octanol–water partition coefficient (Wildman–Crippen LogP) is 4.67. The van der Waals surface area contributed by atoms with Crippen LogP contribution in [0.15, 0.2) is 5.16 Å². The van der Waals surface area contributed by atoms with Crippen molar-refractivity contribution in [3.8, 4) is 0 Å². The Labute approximate surface area is 174 Å². The Hall–Kier alpha value is -0.970. The van der Waals surface area contributed by atoms with Crippen LogP contribution in [-0.2, 0) is 9.63 Å². The van der Waals surface area contributed by atoms with Crippen molar-refractivity contribution in [2.75, 3.05) is 13.1 Å². The van der Waals surface area contributed by atoms with Crippen LogP contribution in [-0.4, -0.2) is 36.9 Å². The van der Waals surface area contributed by atoms with Crippen molar-refractivity contribution in [3.05, 3.63) is 0 Å². The molecule has 5 aliphatic rings. The van der Waals surface area contributed by atoms with Crippen molar-refractivity contribution >= 4 is 11.5 Å². The highest BCUT2D eigenvalue weighted by molar-refractivity contribution is 5.89. The number of piperidine rings is 1. The van der Waals surface area contributed by atoms with E-state index < -0.39 is 6.17 Å². The van der Waals surface area contributed by atoms with E-state index in [1.807, 2.05) is 0 Å². The first-order valence-electron chi connectivity index (χ1n) is 12.0. The van der Waals surface area contributed by atoms with Gasteiger partial charge >= 0.3 is 0 Å². The summed E-state index contributed by atoms with van der Waals surface area (Å²) in [5.74, 6) is 2.70. The van der Waals surface area contributed by atoms with Gasteiger partial charge in [-0.25, -0.2) is 4.39 Å². The Balaban J connectivity index is 1.31. The number of hydrogen-bond donors (Lipinski definition) is 1. The number of alkyl halides is 1. The monoisotopic (exact) mass is 404 g/mol. The predicted molar refractivity (Wildman–Crippen MR) is 111 cm³/mol. The summed E-state index contributed by atoms with van der Waals surface area (Å²) in [5.41, 5.74) is 0.605. The summed E-state index contributed by atoms with van der Waals surface area (Å²) in [4.78, 5) is 18.3. The largest absolute Gasteiger partial charge is 0.392 e. The van der Waals surface area contributed by atoms with Crippen LogP contribution in [0, 0.1) is 34.5 Å². The SMILES string of the molecule is C[C@]12C[C@@H](F)/C(=N/OC3CCNCC3)CC1CC[C@@H]1[C@@H]2CC[C@]2(C)C(=O)CC[C@@H]12. The van der Waals surface area contributed by atoms with Gasteiger partial charge in [-0.1, -0.05) is 19.0 Å². The highest BCUT2D eigenvalue weighted by atomic mass is 19.1. The zero-order valence-electron chi connectivity index (χ0n) is 18.1. The maximum atomic E-state index is 15.3. The van der Waals surface area contributed by atoms with E-state index in [-0.39, 0.29) is 16.9 Å². The smallest absolute Gasteiger partial charge is 0.142 e. The van der Waals surface area contributed by atoms with Crippen LogP contribution < -0.4 is 5.32 Å². The van der Waals surface area contributed by atoms with E-state index in [1.165, 1.54) is 6.42 Å². The summed E-state index contributed by atoms with van der Waals surface area (Å²) in [6.07, 6.45) is 8.71. The van der Waals surface area contributed by atoms with Crippen molar-refractivity contribution in [1.29, 1.82) is 0 Å². The Kier molecular flexibility index (Phi) is 5.04. The second-order valence-corrected chi connectivity index (χ2v) is 11.1. The Morgan fingerprint density at radius 3 is 2.66 bits per heavy atom. The molecule has 0 amide bonds. The van der Waals surface area contributed by atoms with E-state index in [2.05, 4.69) is 24.3 Å². The molecule has 1 heterocycles. The number of Topliss-reactive ketones (excluding diaryl/α,β-unsaturated/α-hetero) is 1. The minimum Gasteiger partial charge on any atom is -0.392 e. The van der Waals surface area contributed by atoms with Crippen molar-refractivity contribution < 1.29 is 14.0 Å². The van der Waals surface area contributed by atoms with Crippen LogP contribution in [0.25, 0.3) is 0 Å². The van der Waals surface area contributed by atoms with Gasteiger partial charge in [-0.3, -0.25) is 4.79 Å². The van der Waals surface area contributed by atoms with Gasteiger partial charge in [0.2, 0.25) is 0 Å². The van der Waals surface area contributed by atoms with E-state index in [0.717, 1.165) is 64.5 Å². The average molecular weight is 405 g/mol. The average Bonchev–Trinajstić information content (AvgIpc) is 3.02. The van der Waals surface area contributed by atoms with Gasteiger partial charge in [0.05, 0.1) is 5.71 Å². The lowest BCUT2D eigenvalue weighted by Gasteiger charge is -2.59. The molecule has 0 radical (unpaired) electrons. The number of carbonyl (C=O) groups is 1. The molecular weight excluding hydrogens is 367 g/mol. The molecule has 0 aromatic heterocycles. The number of hydrogen-bond acceptors (Lipinski definition) is 4. The number of ketones is 1. The number of rotatable bonds is 2. The molecule has 162 valence electrons. The molecule has 1 aliphatic heterocycles. The highest BCUT2D eigenvalue weighted by Gasteiger charge is 2.61. The lowest BCUT2D eigenvalue weighted by molar-refractivity contribution is -0.138. The van der Waals surface area contributed by atoms with E-state index in [9.17, 15) is 4.79 Å². The summed E-state index contributed by atoms with van der Waals surface area (Å²) in [6.45, 7) is 6.49. The van der Waals surface area contributed by atoms with E-state index in [0.29, 0.717) is 41.6 Å². The number of halogens is 1. The van der Waals surface area contributed by atoms with Gasteiger partial charge in [0.1, 0.15) is 18.1 Å². The van der Waals surface area contributed by atoms with Crippen molar-refractivity contribution in [1.82, 2.24) is 5.32 Å². The number of nitrogens with one attached hydrogen (secondary N) is 1. The first kappa shape index (κ1) is 20.0. The topological polar surface area (TPSA) is 50.7 Å². The molecule has 1 unspecified atom stereocenters. The molecule has 4 nitrogen and oxygen atoms in total. The van der Waals surface area contributed by atoms with E-state index in [1.54, 1.807) is 0 Å². The van der Waals surface area contributed by atoms with E-state index in [4.69, 9.17) is 4.84 Å². The number of fused-ring (bicyclic) bond motifs is 5. The fraction of sp³-hybridized carbons (Fsp3) is 0.917. The quantitative estimate of drug-likeness (QED) is 0.681. The molecule has 7 atom stereocenters. The standard InChI is InChI=1S/C24H37FN2O2/c1-23-10-7-19-17(18(23)5-6-22(23)28)4-3-15-13-21(20(25)14-24(15,19)2)27-29-16-8-11-26-12-9-16/h15-20,26H,3-14H2,1-2H3/b27-21+/t15?,17-,18-,19-,20+,23-,24-/m0/s1. The molecule has 29 heavy (non-hydrogen) atoms. The van der Waals surface area contributed by atoms with Crippen LogP contribution in [0.5, 0.6) is 0 Å². The molecule has 1 saturated heterocycles. The molecule has 5 rings (SSSR count). The summed E-state index contributed by atoms with van der Waals surface area (Å²) < 4.78 is 15.3. The first-order chi connectivity index (χ1) is 13.9. The minimum atomic E-state index is -0.977. The Morgan fingerprint density at radius 1 is 1.07 bits per heavy atom. The van der Waals surface area contributed by atoms with Gasteiger partial charge in [-0.15, -0.1) is 0 Å². The van der Waals surface area contributed by atoms with Crippen molar-refractivity contribution in [3.63, 3.8) is 0 Å². The fourth-order valence-electron chi connectivity index (χ4n) is 7.98. The van der Waals surface area contributed by atoms with Gasteiger partial charge in [0.15, 0.2) is 0 Å². The summed E-state index contributed by atoms with van der Waals surface area (Å²) in [5, 5.41) is 7.69. The molecule has 0 aromatic carbocycles. The minimum absolute atomic E-state index is 0.0447. The third kappa shape index (κ3) is 3.18. The summed E-state index contributed by atoms with van der Waals surface area (Å²) >= 11 is 0. The molecular formula is C24H37FN2O2. The highest BCUT2D eigenvalue weighted by Crippen LogP contribution is 2.65. The van der Waals surface area contributed by atoms with Gasteiger partial charge in [-0.2, -0.15) is 0 Å². The fourth-order valence-corrected chi connectivity index (χ4v) is 7.98. The van der Waals surface area contributed by atoms with Gasteiger partial charge in [0.25, 0.3) is 0 Å². The van der Waals surface area contributed by atoms with Crippen LogP contribution in [0.2, 0.25) is 0 Å². The third-order valence-electron chi connectivity index (χ3n) is 9.82. The first-order valence-corrected chi connectivity index (χ1v) is 12.0. The molecule has 5 fully saturated rings. The lowest BCUT2D eigenvalue weighted by Crippen LogP contribution is -2.55. The number of nitrogens with zero attached hydrogens (tertiary/aromatic N) is 1. The number of carbonyl (C=O) groups excluding carboxylic acids is 1. The Morgan fingerprint density at radius 2 is 1.86 bits per heavy atom. The lowest BCUT2D eigenvalue weighted by atomic mass is 9.45. The van der Waals surface area contributed by atoms with Crippen LogP contribution in [0.3, 0.4) is 0 Å². The van der Waals surface area contributed by atoms with Gasteiger partial charge < -0.3 is 10.2 Å². The molecule has 4 aliphatic carbocycles. The van der Waals surface area contributed by atoms with Crippen LogP contribution in [0.4, 0.5) is 4.39 Å². The molecule has 5 heteroatoms. The number of oxime groups is 1. The third-order valence-corrected chi connectivity index (χ3v) is 9.82. The van der Waals surface area contributed by atoms with Gasteiger partial charge in [0, 0.05) is 11.8 Å². The van der Waals surface area contributed by atoms with Crippen molar-refractivity contribution in [2.24, 2.45) is 39.7 Å². The zero-order chi connectivity index (χ0) is 20.2. The second-order valence-electron chi connectivity index (χ2n) is 11.1. The normalized spacial score (nSPS) is 49.4. The summed E-state index contributed by atoms with van der Waals surface area (Å²) in [6, 6.07) is 0. The molecule has 0 aromatic rings.